The van der Waals surface area contributed by atoms with Gasteiger partial charge in [0.1, 0.15) is 0 Å². The molecule has 1 aromatic heterocycles. The third-order valence-electron chi connectivity index (χ3n) is 11.3. The second kappa shape index (κ2) is 14.1. The van der Waals surface area contributed by atoms with Gasteiger partial charge in [0.2, 0.25) is 5.70 Å². The zero-order valence-electron chi connectivity index (χ0n) is 33.7. The Morgan fingerprint density at radius 3 is 1.55 bits per heavy atom. The predicted molar refractivity (Wildman–Crippen MR) is 242 cm³/mol. The van der Waals surface area contributed by atoms with Crippen molar-refractivity contribution in [2.75, 3.05) is 0 Å². The molecule has 0 aliphatic carbocycles. The molecule has 2 aliphatic rings. The fourth-order valence-corrected chi connectivity index (χ4v) is 9.00. The lowest BCUT2D eigenvalue weighted by Crippen LogP contribution is -2.41. The Kier molecular flexibility index (Phi) is 9.69. The molecule has 6 heteroatoms. The molecule has 0 spiro atoms. The fourth-order valence-electron chi connectivity index (χ4n) is 8.47. The third kappa shape index (κ3) is 6.73. The molecule has 0 atom stereocenters. The summed E-state index contributed by atoms with van der Waals surface area (Å²) in [7, 11) is -1.54. The van der Waals surface area contributed by atoms with Gasteiger partial charge in [-0.1, -0.05) is 152 Å². The topological polar surface area (TPSA) is 7.94 Å². The highest BCUT2D eigenvalue weighted by Gasteiger charge is 2.54. The highest BCUT2D eigenvalue weighted by atomic mass is 79.9. The lowest BCUT2D eigenvalue weighted by Gasteiger charge is -2.26. The Hall–Kier alpha value is -4.52. The number of nitrogens with zero attached hydrogens (tertiary/aromatic N) is 2. The van der Waals surface area contributed by atoms with Crippen LogP contribution >= 0.6 is 31.9 Å². The minimum Gasteiger partial charge on any atom is -0.285 e. The van der Waals surface area contributed by atoms with Crippen LogP contribution in [0, 0.1) is 20.8 Å². The van der Waals surface area contributed by atoms with Gasteiger partial charge in [0, 0.05) is 31.8 Å². The van der Waals surface area contributed by atoms with Crippen LogP contribution in [0.3, 0.4) is 0 Å². The fraction of sp³-hybridized carbons (Fsp3) is 0.220. The summed E-state index contributed by atoms with van der Waals surface area (Å²) in [6.07, 6.45) is 2.21. The van der Waals surface area contributed by atoms with E-state index in [1.54, 1.807) is 0 Å². The lowest BCUT2D eigenvalue weighted by atomic mass is 9.80. The molecule has 0 bridgehead atoms. The number of rotatable bonds is 5. The molecular weight excluding hydrogens is 818 g/mol. The first-order chi connectivity index (χ1) is 26.5. The van der Waals surface area contributed by atoms with E-state index < -0.39 is 7.26 Å². The summed E-state index contributed by atoms with van der Waals surface area (Å²) in [5, 5.41) is 0. The number of aromatic nitrogens is 1. The first kappa shape index (κ1) is 38.4. The van der Waals surface area contributed by atoms with Crippen LogP contribution in [0.15, 0.2) is 136 Å². The molecule has 0 amide bonds. The van der Waals surface area contributed by atoms with Crippen LogP contribution in [0.1, 0.15) is 91.7 Å². The first-order valence-electron chi connectivity index (χ1n) is 19.4. The first-order valence-corrected chi connectivity index (χ1v) is 20.9. The monoisotopic (exact) mass is 863 g/mol. The predicted octanol–water partition coefficient (Wildman–Crippen LogP) is 14.0. The average Bonchev–Trinajstić information content (AvgIpc) is 3.74. The van der Waals surface area contributed by atoms with Crippen molar-refractivity contribution >= 4 is 56.0 Å². The minimum absolute atomic E-state index is 0.000449. The molecule has 0 radical (unpaired) electrons. The van der Waals surface area contributed by atoms with Crippen molar-refractivity contribution in [2.45, 2.75) is 73.1 Å². The molecule has 0 N–H and O–H groups in total. The number of aryl methyl sites for hydroxylation is 3. The largest absolute Gasteiger partial charge is 0.847 e. The van der Waals surface area contributed by atoms with E-state index in [2.05, 4.69) is 191 Å². The van der Waals surface area contributed by atoms with Crippen LogP contribution in [0.2, 0.25) is 0 Å². The molecule has 280 valence electrons. The molecule has 3 heterocycles. The van der Waals surface area contributed by atoms with Gasteiger partial charge < -0.3 is 0 Å². The van der Waals surface area contributed by atoms with Crippen LogP contribution < -0.4 is 0 Å². The van der Waals surface area contributed by atoms with Crippen molar-refractivity contribution in [1.82, 2.24) is 4.48 Å². The zero-order valence-corrected chi connectivity index (χ0v) is 36.8. The third-order valence-corrected chi connectivity index (χ3v) is 12.4. The van der Waals surface area contributed by atoms with Gasteiger partial charge in [0.15, 0.2) is 5.71 Å². The van der Waals surface area contributed by atoms with Crippen LogP contribution in [-0.2, 0) is 10.8 Å². The zero-order chi connectivity index (χ0) is 39.8. The molecule has 0 saturated heterocycles. The molecule has 5 aromatic carbocycles. The summed E-state index contributed by atoms with van der Waals surface area (Å²) in [6, 6.07) is 41.0. The van der Waals surface area contributed by atoms with Gasteiger partial charge in [-0.3, -0.25) is 4.48 Å². The van der Waals surface area contributed by atoms with Crippen molar-refractivity contribution in [2.24, 2.45) is 0 Å². The number of halogens is 3. The van der Waals surface area contributed by atoms with E-state index in [1.165, 1.54) is 16.7 Å². The van der Waals surface area contributed by atoms with Crippen molar-refractivity contribution < 1.29 is 8.80 Å². The Morgan fingerprint density at radius 1 is 0.589 bits per heavy atom. The Balaban J connectivity index is 1.54. The van der Waals surface area contributed by atoms with E-state index in [9.17, 15) is 0 Å². The Bertz CT molecular complexity index is 2590. The average molecular weight is 866 g/mol. The summed E-state index contributed by atoms with van der Waals surface area (Å²) >= 11 is 7.28. The normalized spacial score (nSPS) is 14.4. The molecule has 0 fully saturated rings. The Labute approximate surface area is 349 Å². The Morgan fingerprint density at radius 2 is 1.05 bits per heavy atom. The molecule has 6 aromatic rings. The van der Waals surface area contributed by atoms with E-state index in [0.29, 0.717) is 0 Å². The maximum atomic E-state index is 18.6. The smallest absolute Gasteiger partial charge is 0.285 e. The van der Waals surface area contributed by atoms with E-state index in [4.69, 9.17) is 0 Å². The highest BCUT2D eigenvalue weighted by Crippen LogP contribution is 2.50. The maximum absolute atomic E-state index is 18.6. The molecule has 0 saturated carbocycles. The van der Waals surface area contributed by atoms with E-state index >= 15 is 4.32 Å². The van der Waals surface area contributed by atoms with Crippen molar-refractivity contribution in [3.8, 4) is 22.4 Å². The summed E-state index contributed by atoms with van der Waals surface area (Å²) in [4.78, 5) is 0. The van der Waals surface area contributed by atoms with E-state index in [0.717, 1.165) is 87.4 Å². The second-order valence-corrected chi connectivity index (χ2v) is 19.3. The molecule has 56 heavy (non-hydrogen) atoms. The lowest BCUT2D eigenvalue weighted by molar-refractivity contribution is -0.332. The quantitative estimate of drug-likeness (QED) is 0.153. The molecule has 0 unspecified atom stereocenters. The summed E-state index contributed by atoms with van der Waals surface area (Å²) in [6.45, 7) is 20.0. The van der Waals surface area contributed by atoms with Gasteiger partial charge in [0.05, 0.1) is 16.8 Å². The summed E-state index contributed by atoms with van der Waals surface area (Å²) in [5.74, 6) is 0. The standard InChI is InChI=1S/C50H47BBr2FN2/c1-30-26-31(2)45(32(3)27-30)46-47-41(33-10-18-37(19-11-33)49(4,5)6)28-43(35-14-22-39(52)23-15-35)55(47)51(54)56-44(36-16-24-40(53)25-17-36)29-42(48(46)56)34-12-20-38(21-13-34)50(7,8)9/h10-29H,1-9H3/q+1. The van der Waals surface area contributed by atoms with Crippen LogP contribution in [-0.4, -0.2) is 21.9 Å². The molecular formula is C50H47BBr2FN2+. The van der Waals surface area contributed by atoms with Gasteiger partial charge in [-0.2, -0.15) is 0 Å². The van der Waals surface area contributed by atoms with Crippen molar-refractivity contribution in [1.29, 1.82) is 0 Å². The molecule has 2 nitrogen and oxygen atoms in total. The summed E-state index contributed by atoms with van der Waals surface area (Å²) in [5.41, 5.74) is 17.7. The number of hydrogen-bond acceptors (Lipinski definition) is 0. The van der Waals surface area contributed by atoms with Crippen LogP contribution in [0.4, 0.5) is 4.32 Å². The van der Waals surface area contributed by atoms with E-state index in [1.807, 2.05) is 33.2 Å². The van der Waals surface area contributed by atoms with Gasteiger partial charge in [0.25, 0.3) is 0 Å². The van der Waals surface area contributed by atoms with E-state index in [-0.39, 0.29) is 10.8 Å². The number of benzene rings is 5. The molecule has 8 rings (SSSR count). The number of allylic oxidation sites excluding steroid dienone is 2. The minimum atomic E-state index is -1.54. The highest BCUT2D eigenvalue weighted by molar-refractivity contribution is 9.10. The van der Waals surface area contributed by atoms with Crippen molar-refractivity contribution in [3.05, 3.63) is 186 Å². The van der Waals surface area contributed by atoms with Gasteiger partial charge in [-0.25, -0.2) is 8.80 Å². The van der Waals surface area contributed by atoms with Crippen LogP contribution in [0.5, 0.6) is 0 Å². The number of fused-ring (bicyclic) bond motifs is 2. The van der Waals surface area contributed by atoms with Gasteiger partial charge >= 0.3 is 7.26 Å². The van der Waals surface area contributed by atoms with Gasteiger partial charge in [-0.05, 0) is 119 Å². The van der Waals surface area contributed by atoms with Crippen molar-refractivity contribution in [3.63, 3.8) is 0 Å². The maximum Gasteiger partial charge on any atom is 0.847 e. The summed E-state index contributed by atoms with van der Waals surface area (Å²) < 4.78 is 24.4. The second-order valence-electron chi connectivity index (χ2n) is 17.5. The van der Waals surface area contributed by atoms with Gasteiger partial charge in [-0.15, -0.1) is 0 Å². The number of hydrogen-bond donors (Lipinski definition) is 0. The molecule has 2 aliphatic heterocycles. The SMILES string of the molecule is Cc1cc(C)c(C2=C3C(c4ccc(C(C)(C)C)cc4)=CC(c4ccc(Br)cc4)=[N+]3B(F)n3c(-c4ccc(Br)cc4)cc(-c4ccc(C(C)(C)C)cc4)c32)c(C)c1. The van der Waals surface area contributed by atoms with Crippen LogP contribution in [0.25, 0.3) is 33.5 Å².